The van der Waals surface area contributed by atoms with Gasteiger partial charge in [-0.15, -0.1) is 0 Å². The fourth-order valence-corrected chi connectivity index (χ4v) is 5.25. The number of unbranched alkanes of at least 4 members (excludes halogenated alkanes) is 5. The predicted molar refractivity (Wildman–Crippen MR) is 131 cm³/mol. The van der Waals surface area contributed by atoms with Gasteiger partial charge in [0, 0.05) is 0 Å². The highest BCUT2D eigenvalue weighted by Crippen LogP contribution is 2.39. The van der Waals surface area contributed by atoms with E-state index in [4.69, 9.17) is 4.74 Å². The quantitative estimate of drug-likeness (QED) is 0.313. The van der Waals surface area contributed by atoms with Gasteiger partial charge in [0.15, 0.2) is 0 Å². The van der Waals surface area contributed by atoms with Crippen molar-refractivity contribution in [2.45, 2.75) is 97.3 Å². The van der Waals surface area contributed by atoms with Gasteiger partial charge in [-0.05, 0) is 66.7 Å². The first-order valence-electron chi connectivity index (χ1n) is 12.9. The molecule has 0 heterocycles. The molecule has 30 heavy (non-hydrogen) atoms. The highest BCUT2D eigenvalue weighted by atomic mass is 16.5. The minimum absolute atomic E-state index is 0.760. The highest BCUT2D eigenvalue weighted by Gasteiger charge is 2.26. The van der Waals surface area contributed by atoms with Crippen LogP contribution in [0.15, 0.2) is 42.5 Å². The Bertz CT molecular complexity index is 645. The van der Waals surface area contributed by atoms with E-state index in [9.17, 15) is 0 Å². The summed E-state index contributed by atoms with van der Waals surface area (Å²) in [5, 5.41) is 0. The Labute approximate surface area is 186 Å². The Kier molecular flexibility index (Phi) is 10.1. The summed E-state index contributed by atoms with van der Waals surface area (Å²) in [5.74, 6) is 3.68. The van der Waals surface area contributed by atoms with E-state index in [1.54, 1.807) is 0 Å². The third-order valence-corrected chi connectivity index (χ3v) is 7.30. The van der Waals surface area contributed by atoms with Crippen LogP contribution in [0.4, 0.5) is 0 Å². The minimum Gasteiger partial charge on any atom is -0.494 e. The number of hydrogen-bond donors (Lipinski definition) is 0. The molecule has 0 saturated heterocycles. The van der Waals surface area contributed by atoms with Crippen LogP contribution in [0.25, 0.3) is 5.57 Å². The molecule has 3 rings (SSSR count). The Morgan fingerprint density at radius 1 is 0.833 bits per heavy atom. The zero-order valence-corrected chi connectivity index (χ0v) is 19.6. The number of rotatable bonds is 12. The first-order chi connectivity index (χ1) is 14.8. The van der Waals surface area contributed by atoms with Crippen molar-refractivity contribution < 1.29 is 4.74 Å². The zero-order valence-electron chi connectivity index (χ0n) is 19.6. The lowest BCUT2D eigenvalue weighted by Crippen LogP contribution is -2.21. The second-order valence-electron chi connectivity index (χ2n) is 9.63. The molecule has 1 fully saturated rings. The fraction of sp³-hybridized carbons (Fsp3) is 0.655. The van der Waals surface area contributed by atoms with Gasteiger partial charge in [-0.2, -0.15) is 0 Å². The smallest absolute Gasteiger partial charge is 0.119 e. The van der Waals surface area contributed by atoms with Crippen molar-refractivity contribution in [3.05, 3.63) is 48.1 Å². The molecule has 166 valence electrons. The topological polar surface area (TPSA) is 9.23 Å². The van der Waals surface area contributed by atoms with Crippen LogP contribution in [0.2, 0.25) is 0 Å². The van der Waals surface area contributed by atoms with Crippen LogP contribution in [-0.4, -0.2) is 6.61 Å². The first kappa shape index (κ1) is 23.2. The molecule has 0 aliphatic heterocycles. The molecule has 1 aromatic rings. The minimum atomic E-state index is 0.760. The van der Waals surface area contributed by atoms with Crippen molar-refractivity contribution >= 4 is 5.57 Å². The predicted octanol–water partition coefficient (Wildman–Crippen LogP) is 8.99. The van der Waals surface area contributed by atoms with Gasteiger partial charge in [0.2, 0.25) is 0 Å². The van der Waals surface area contributed by atoms with Crippen molar-refractivity contribution in [2.24, 2.45) is 17.8 Å². The maximum Gasteiger partial charge on any atom is 0.119 e. The molecule has 2 aliphatic carbocycles. The van der Waals surface area contributed by atoms with E-state index in [0.717, 1.165) is 36.5 Å². The summed E-state index contributed by atoms with van der Waals surface area (Å²) in [6, 6.07) is 8.69. The molecular weight excluding hydrogens is 364 g/mol. The third kappa shape index (κ3) is 7.33. The lowest BCUT2D eigenvalue weighted by atomic mass is 9.72. The van der Waals surface area contributed by atoms with Gasteiger partial charge in [-0.3, -0.25) is 0 Å². The number of hydrogen-bond acceptors (Lipinski definition) is 1. The third-order valence-electron chi connectivity index (χ3n) is 7.30. The van der Waals surface area contributed by atoms with Crippen molar-refractivity contribution in [3.63, 3.8) is 0 Å². The number of benzene rings is 1. The van der Waals surface area contributed by atoms with Crippen molar-refractivity contribution in [1.29, 1.82) is 0 Å². The van der Waals surface area contributed by atoms with Gasteiger partial charge >= 0.3 is 0 Å². The molecule has 0 amide bonds. The largest absolute Gasteiger partial charge is 0.494 e. The van der Waals surface area contributed by atoms with Gasteiger partial charge in [-0.25, -0.2) is 0 Å². The first-order valence-corrected chi connectivity index (χ1v) is 12.9. The lowest BCUT2D eigenvalue weighted by Gasteiger charge is -2.33. The van der Waals surface area contributed by atoms with Crippen LogP contribution in [0.1, 0.15) is 103 Å². The van der Waals surface area contributed by atoms with Gasteiger partial charge in [0.05, 0.1) is 6.61 Å². The lowest BCUT2D eigenvalue weighted by molar-refractivity contribution is 0.218. The van der Waals surface area contributed by atoms with Crippen molar-refractivity contribution in [1.82, 2.24) is 0 Å². The summed E-state index contributed by atoms with van der Waals surface area (Å²) in [6.45, 7) is 5.37. The van der Waals surface area contributed by atoms with Crippen LogP contribution in [0, 0.1) is 17.8 Å². The second-order valence-corrected chi connectivity index (χ2v) is 9.63. The summed E-state index contributed by atoms with van der Waals surface area (Å²) >= 11 is 0. The highest BCUT2D eigenvalue weighted by molar-refractivity contribution is 5.75. The van der Waals surface area contributed by atoms with E-state index < -0.39 is 0 Å². The van der Waals surface area contributed by atoms with Crippen LogP contribution in [0.5, 0.6) is 5.75 Å². The van der Waals surface area contributed by atoms with Crippen LogP contribution in [0.3, 0.4) is 0 Å². The van der Waals surface area contributed by atoms with Crippen molar-refractivity contribution in [2.75, 3.05) is 6.61 Å². The average molecular weight is 409 g/mol. The maximum atomic E-state index is 5.85. The van der Waals surface area contributed by atoms with Crippen LogP contribution < -0.4 is 4.74 Å². The van der Waals surface area contributed by atoms with Gasteiger partial charge in [0.25, 0.3) is 0 Å². The normalized spacial score (nSPS) is 23.9. The van der Waals surface area contributed by atoms with Gasteiger partial charge in [-0.1, -0.05) is 102 Å². The molecule has 2 aliphatic rings. The summed E-state index contributed by atoms with van der Waals surface area (Å²) in [7, 11) is 0. The summed E-state index contributed by atoms with van der Waals surface area (Å²) in [5.41, 5.74) is 2.70. The average Bonchev–Trinajstić information content (AvgIpc) is 2.81. The Hall–Kier alpha value is -1.50. The van der Waals surface area contributed by atoms with E-state index in [-0.39, 0.29) is 0 Å². The standard InChI is InChI=1S/C29H44O/c1-3-5-7-8-10-24-11-13-25(14-12-24)26-15-17-27(18-16-26)28-19-21-29(22-20-28)30-23-9-6-4-2/h15,17-22,24-26H,3-14,16,23H2,1-2H3/t24-,25-,26?. The fourth-order valence-electron chi connectivity index (χ4n) is 5.25. The monoisotopic (exact) mass is 408 g/mol. The molecule has 1 unspecified atom stereocenters. The van der Waals surface area contributed by atoms with Gasteiger partial charge < -0.3 is 4.74 Å². The summed E-state index contributed by atoms with van der Waals surface area (Å²) < 4.78 is 5.85. The number of allylic oxidation sites excluding steroid dienone is 4. The van der Waals surface area contributed by atoms with Gasteiger partial charge in [0.1, 0.15) is 5.75 Å². The summed E-state index contributed by atoms with van der Waals surface area (Å²) in [6.07, 6.45) is 25.2. The Morgan fingerprint density at radius 3 is 2.23 bits per heavy atom. The number of ether oxygens (including phenoxy) is 1. The van der Waals surface area contributed by atoms with E-state index >= 15 is 0 Å². The molecule has 0 spiro atoms. The SMILES string of the molecule is CCCCCC[C@H]1CC[C@H](C2C=CC(c3ccc(OCCCCC)cc3)=CC2)CC1. The Morgan fingerprint density at radius 2 is 1.57 bits per heavy atom. The molecule has 0 bridgehead atoms. The van der Waals surface area contributed by atoms with Crippen LogP contribution >= 0.6 is 0 Å². The molecule has 0 aromatic heterocycles. The molecule has 1 heteroatoms. The van der Waals surface area contributed by atoms with E-state index in [1.807, 2.05) is 0 Å². The van der Waals surface area contributed by atoms with Crippen molar-refractivity contribution in [3.8, 4) is 5.75 Å². The second kappa shape index (κ2) is 13.0. The Balaban J connectivity index is 1.40. The molecule has 1 saturated carbocycles. The van der Waals surface area contributed by atoms with E-state index in [0.29, 0.717) is 0 Å². The van der Waals surface area contributed by atoms with E-state index in [1.165, 1.54) is 88.2 Å². The molecule has 1 aromatic carbocycles. The molecular formula is C29H44O. The summed E-state index contributed by atoms with van der Waals surface area (Å²) in [4.78, 5) is 0. The maximum absolute atomic E-state index is 5.85. The molecule has 1 atom stereocenters. The van der Waals surface area contributed by atoms with E-state index in [2.05, 4.69) is 56.3 Å². The van der Waals surface area contributed by atoms with Crippen LogP contribution in [-0.2, 0) is 0 Å². The molecule has 1 nitrogen and oxygen atoms in total. The molecule has 0 N–H and O–H groups in total. The molecule has 0 radical (unpaired) electrons. The zero-order chi connectivity index (χ0) is 21.0.